The maximum Gasteiger partial charge on any atom is -0.00208 e. The number of nitrogens with one attached hydrogen (secondary N) is 1. The van der Waals surface area contributed by atoms with Gasteiger partial charge in [-0.2, -0.15) is 0 Å². The van der Waals surface area contributed by atoms with Crippen LogP contribution in [0.2, 0.25) is 0 Å². The van der Waals surface area contributed by atoms with E-state index in [4.69, 9.17) is 0 Å². The average Bonchev–Trinajstić information content (AvgIpc) is 2.49. The van der Waals surface area contributed by atoms with Crippen molar-refractivity contribution in [2.24, 2.45) is 17.8 Å². The summed E-state index contributed by atoms with van der Waals surface area (Å²) < 4.78 is 0. The number of hydrogen-bond donors (Lipinski definition) is 1. The van der Waals surface area contributed by atoms with Crippen LogP contribution in [0, 0.1) is 17.8 Å². The molecule has 2 rings (SSSR count). The van der Waals surface area contributed by atoms with Gasteiger partial charge in [0.15, 0.2) is 0 Å². The summed E-state index contributed by atoms with van der Waals surface area (Å²) in [5.74, 6) is 3.32. The second-order valence-electron chi connectivity index (χ2n) is 7.27. The van der Waals surface area contributed by atoms with Crippen molar-refractivity contribution in [2.45, 2.75) is 58.8 Å². The molecule has 1 fully saturated rings. The van der Waals surface area contributed by atoms with Gasteiger partial charge in [-0.25, -0.2) is 0 Å². The molecule has 0 amide bonds. The van der Waals surface area contributed by atoms with E-state index in [1.165, 1.54) is 49.8 Å². The average molecular weight is 287 g/mol. The number of benzene rings is 1. The highest BCUT2D eigenvalue weighted by atomic mass is 14.8. The van der Waals surface area contributed by atoms with Gasteiger partial charge in [-0.15, -0.1) is 0 Å². The van der Waals surface area contributed by atoms with Gasteiger partial charge in [0.1, 0.15) is 0 Å². The first-order valence-electron chi connectivity index (χ1n) is 8.87. The highest BCUT2D eigenvalue weighted by Crippen LogP contribution is 2.37. The molecule has 21 heavy (non-hydrogen) atoms. The lowest BCUT2D eigenvalue weighted by Gasteiger charge is -2.36. The minimum atomic E-state index is 0.634. The Morgan fingerprint density at radius 3 is 2.38 bits per heavy atom. The van der Waals surface area contributed by atoms with Gasteiger partial charge in [-0.1, -0.05) is 57.9 Å². The zero-order chi connectivity index (χ0) is 15.2. The summed E-state index contributed by atoms with van der Waals surface area (Å²) in [6.07, 6.45) is 6.89. The van der Waals surface area contributed by atoms with E-state index in [1.54, 1.807) is 0 Å². The number of hydrogen-bond acceptors (Lipinski definition) is 1. The van der Waals surface area contributed by atoms with Gasteiger partial charge in [0.25, 0.3) is 0 Å². The van der Waals surface area contributed by atoms with Crippen LogP contribution in [0.1, 0.15) is 63.5 Å². The summed E-state index contributed by atoms with van der Waals surface area (Å²) in [6, 6.07) is 9.38. The summed E-state index contributed by atoms with van der Waals surface area (Å²) in [7, 11) is 2.10. The molecule has 3 atom stereocenters. The zero-order valence-corrected chi connectivity index (χ0v) is 14.4. The second kappa shape index (κ2) is 7.98. The molecule has 118 valence electrons. The van der Waals surface area contributed by atoms with Crippen molar-refractivity contribution in [1.29, 1.82) is 0 Å². The Morgan fingerprint density at radius 1 is 1.10 bits per heavy atom. The maximum atomic E-state index is 3.41. The quantitative estimate of drug-likeness (QED) is 0.775. The first-order chi connectivity index (χ1) is 10.1. The second-order valence-corrected chi connectivity index (χ2v) is 7.27. The Hall–Kier alpha value is -0.820. The van der Waals surface area contributed by atoms with E-state index in [1.807, 2.05) is 0 Å². The minimum absolute atomic E-state index is 0.634. The van der Waals surface area contributed by atoms with Crippen LogP contribution in [0.25, 0.3) is 0 Å². The number of rotatable bonds is 6. The SMILES string of the molecule is CCC1CCC(CNC)C(Cc2ccc(C(C)C)cc2)C1. The maximum absolute atomic E-state index is 3.41. The summed E-state index contributed by atoms with van der Waals surface area (Å²) >= 11 is 0. The first kappa shape index (κ1) is 16.5. The van der Waals surface area contributed by atoms with Crippen LogP contribution in [0.15, 0.2) is 24.3 Å². The summed E-state index contributed by atoms with van der Waals surface area (Å²) in [4.78, 5) is 0. The molecule has 0 heterocycles. The van der Waals surface area contributed by atoms with Crippen molar-refractivity contribution >= 4 is 0 Å². The Morgan fingerprint density at radius 2 is 1.81 bits per heavy atom. The molecular weight excluding hydrogens is 254 g/mol. The van der Waals surface area contributed by atoms with Crippen LogP contribution >= 0.6 is 0 Å². The van der Waals surface area contributed by atoms with E-state index in [2.05, 4.69) is 57.4 Å². The lowest BCUT2D eigenvalue weighted by atomic mass is 9.71. The molecule has 0 radical (unpaired) electrons. The van der Waals surface area contributed by atoms with E-state index in [0.29, 0.717) is 5.92 Å². The fourth-order valence-corrected chi connectivity index (χ4v) is 3.92. The molecule has 0 aromatic heterocycles. The zero-order valence-electron chi connectivity index (χ0n) is 14.4. The molecule has 1 N–H and O–H groups in total. The van der Waals surface area contributed by atoms with Crippen LogP contribution in [0.4, 0.5) is 0 Å². The Labute approximate surface area is 131 Å². The Kier molecular flexibility index (Phi) is 6.29. The van der Waals surface area contributed by atoms with Crippen LogP contribution in [0.3, 0.4) is 0 Å². The van der Waals surface area contributed by atoms with Crippen molar-refractivity contribution in [3.05, 3.63) is 35.4 Å². The van der Waals surface area contributed by atoms with Crippen LogP contribution < -0.4 is 5.32 Å². The first-order valence-corrected chi connectivity index (χ1v) is 8.87. The van der Waals surface area contributed by atoms with Gasteiger partial charge in [0, 0.05) is 0 Å². The van der Waals surface area contributed by atoms with Gasteiger partial charge >= 0.3 is 0 Å². The third kappa shape index (κ3) is 4.57. The lowest BCUT2D eigenvalue weighted by molar-refractivity contribution is 0.173. The predicted molar refractivity (Wildman–Crippen MR) is 92.8 cm³/mol. The molecule has 1 saturated carbocycles. The molecule has 1 aromatic rings. The van der Waals surface area contributed by atoms with Crippen molar-refractivity contribution < 1.29 is 0 Å². The van der Waals surface area contributed by atoms with Gasteiger partial charge in [-0.3, -0.25) is 0 Å². The minimum Gasteiger partial charge on any atom is -0.319 e. The van der Waals surface area contributed by atoms with Gasteiger partial charge in [0.2, 0.25) is 0 Å². The summed E-state index contributed by atoms with van der Waals surface area (Å²) in [5, 5.41) is 3.41. The third-order valence-corrected chi connectivity index (χ3v) is 5.44. The molecule has 1 aromatic carbocycles. The fourth-order valence-electron chi connectivity index (χ4n) is 3.92. The lowest BCUT2D eigenvalue weighted by Crippen LogP contribution is -2.33. The van der Waals surface area contributed by atoms with Crippen molar-refractivity contribution in [1.82, 2.24) is 5.32 Å². The molecule has 0 aliphatic heterocycles. The van der Waals surface area contributed by atoms with E-state index in [0.717, 1.165) is 17.8 Å². The normalized spacial score (nSPS) is 26.2. The fraction of sp³-hybridized carbons (Fsp3) is 0.700. The summed E-state index contributed by atoms with van der Waals surface area (Å²) in [6.45, 7) is 8.08. The Bertz CT molecular complexity index is 406. The van der Waals surface area contributed by atoms with E-state index < -0.39 is 0 Å². The van der Waals surface area contributed by atoms with E-state index >= 15 is 0 Å². The van der Waals surface area contributed by atoms with Gasteiger partial charge in [0.05, 0.1) is 0 Å². The van der Waals surface area contributed by atoms with Gasteiger partial charge < -0.3 is 5.32 Å². The molecule has 1 nitrogen and oxygen atoms in total. The standard InChI is InChI=1S/C20H33N/c1-5-16-6-11-19(14-21-4)20(12-16)13-17-7-9-18(10-8-17)15(2)3/h7-10,15-16,19-21H,5-6,11-14H2,1-4H3. The highest BCUT2D eigenvalue weighted by molar-refractivity contribution is 5.25. The topological polar surface area (TPSA) is 12.0 Å². The molecular formula is C20H33N. The highest BCUT2D eigenvalue weighted by Gasteiger charge is 2.29. The molecule has 1 aliphatic rings. The van der Waals surface area contributed by atoms with E-state index in [9.17, 15) is 0 Å². The molecule has 3 unspecified atom stereocenters. The van der Waals surface area contributed by atoms with Crippen LogP contribution in [-0.4, -0.2) is 13.6 Å². The molecule has 0 spiro atoms. The largest absolute Gasteiger partial charge is 0.319 e. The smallest absolute Gasteiger partial charge is 0.00208 e. The van der Waals surface area contributed by atoms with Crippen LogP contribution in [-0.2, 0) is 6.42 Å². The van der Waals surface area contributed by atoms with Crippen molar-refractivity contribution in [3.8, 4) is 0 Å². The molecule has 0 saturated heterocycles. The predicted octanol–water partition coefficient (Wildman–Crippen LogP) is 5.01. The van der Waals surface area contributed by atoms with E-state index in [-0.39, 0.29) is 0 Å². The van der Waals surface area contributed by atoms with Gasteiger partial charge in [-0.05, 0) is 67.7 Å². The molecule has 1 aliphatic carbocycles. The van der Waals surface area contributed by atoms with Crippen LogP contribution in [0.5, 0.6) is 0 Å². The van der Waals surface area contributed by atoms with Crippen molar-refractivity contribution in [2.75, 3.05) is 13.6 Å². The molecule has 1 heteroatoms. The Balaban J connectivity index is 2.02. The molecule has 0 bridgehead atoms. The van der Waals surface area contributed by atoms with Crippen molar-refractivity contribution in [3.63, 3.8) is 0 Å². The third-order valence-electron chi connectivity index (χ3n) is 5.44. The monoisotopic (exact) mass is 287 g/mol. The summed E-state index contributed by atoms with van der Waals surface area (Å²) in [5.41, 5.74) is 2.99.